The van der Waals surface area contributed by atoms with E-state index in [1.165, 1.54) is 0 Å². The number of carbonyl (C=O) groups is 1. The summed E-state index contributed by atoms with van der Waals surface area (Å²) in [6.45, 7) is 10.2. The largest absolute Gasteiger partial charge is 0.444 e. The number of pyridine rings is 1. The van der Waals surface area contributed by atoms with Gasteiger partial charge in [0.25, 0.3) is 0 Å². The van der Waals surface area contributed by atoms with E-state index in [9.17, 15) is 4.79 Å². The molecule has 0 unspecified atom stereocenters. The third kappa shape index (κ3) is 5.41. The van der Waals surface area contributed by atoms with Gasteiger partial charge in [0.05, 0.1) is 29.3 Å². The van der Waals surface area contributed by atoms with Crippen molar-refractivity contribution < 1.29 is 9.53 Å². The van der Waals surface area contributed by atoms with Crippen LogP contribution < -0.4 is 10.6 Å². The lowest BCUT2D eigenvalue weighted by molar-refractivity contribution is 0.0507. The van der Waals surface area contributed by atoms with Crippen molar-refractivity contribution in [3.63, 3.8) is 0 Å². The summed E-state index contributed by atoms with van der Waals surface area (Å²) in [5, 5.41) is 5.99. The second-order valence-electron chi connectivity index (χ2n) is 6.62. The van der Waals surface area contributed by atoms with E-state index < -0.39 is 11.7 Å². The van der Waals surface area contributed by atoms with Gasteiger partial charge in [0.1, 0.15) is 11.3 Å². The van der Waals surface area contributed by atoms with Gasteiger partial charge in [-0.3, -0.25) is 15.0 Å². The number of aromatic nitrogens is 3. The van der Waals surface area contributed by atoms with Crippen LogP contribution in [0.1, 0.15) is 46.4 Å². The highest BCUT2D eigenvalue weighted by Crippen LogP contribution is 2.23. The minimum Gasteiger partial charge on any atom is -0.444 e. The Morgan fingerprint density at radius 3 is 2.52 bits per heavy atom. The van der Waals surface area contributed by atoms with Crippen molar-refractivity contribution in [3.8, 4) is 11.4 Å². The molecular formula is C18H25N5O2. The average molecular weight is 343 g/mol. The van der Waals surface area contributed by atoms with Crippen LogP contribution >= 0.6 is 0 Å². The van der Waals surface area contributed by atoms with Crippen LogP contribution in [0.4, 0.5) is 10.5 Å². The number of hydrogen-bond donors (Lipinski definition) is 2. The number of rotatable bonds is 5. The number of ether oxygens (including phenoxy) is 1. The van der Waals surface area contributed by atoms with Crippen LogP contribution in [0.15, 0.2) is 30.7 Å². The van der Waals surface area contributed by atoms with Gasteiger partial charge in [-0.05, 0) is 46.8 Å². The van der Waals surface area contributed by atoms with Crippen LogP contribution in [0, 0.1) is 0 Å². The maximum Gasteiger partial charge on any atom is 0.408 e. The molecule has 2 aromatic heterocycles. The summed E-state index contributed by atoms with van der Waals surface area (Å²) in [5.74, 6) is 0. The zero-order valence-corrected chi connectivity index (χ0v) is 15.3. The van der Waals surface area contributed by atoms with Gasteiger partial charge >= 0.3 is 6.09 Å². The summed E-state index contributed by atoms with van der Waals surface area (Å²) in [6, 6.07) is 3.45. The van der Waals surface area contributed by atoms with Gasteiger partial charge in [-0.2, -0.15) is 0 Å². The van der Waals surface area contributed by atoms with Gasteiger partial charge in [0.2, 0.25) is 0 Å². The first-order valence-corrected chi connectivity index (χ1v) is 8.31. The maximum atomic E-state index is 12.0. The Morgan fingerprint density at radius 2 is 1.92 bits per heavy atom. The molecule has 0 aliphatic carbocycles. The van der Waals surface area contributed by atoms with Gasteiger partial charge in [-0.15, -0.1) is 0 Å². The molecule has 2 heterocycles. The molecule has 0 bridgehead atoms. The van der Waals surface area contributed by atoms with Crippen molar-refractivity contribution in [3.05, 3.63) is 36.4 Å². The number of hydrogen-bond acceptors (Lipinski definition) is 6. The van der Waals surface area contributed by atoms with Gasteiger partial charge in [-0.1, -0.05) is 0 Å². The number of alkyl carbamates (subject to hydrolysis) is 1. The molecule has 0 saturated heterocycles. The van der Waals surface area contributed by atoms with Crippen molar-refractivity contribution in [2.75, 3.05) is 11.9 Å². The fraction of sp³-hybridized carbons (Fsp3) is 0.444. The van der Waals surface area contributed by atoms with Gasteiger partial charge in [-0.25, -0.2) is 4.79 Å². The lowest BCUT2D eigenvalue weighted by atomic mass is 10.1. The van der Waals surface area contributed by atoms with Gasteiger partial charge < -0.3 is 15.4 Å². The minimum atomic E-state index is -0.557. The number of anilines is 1. The van der Waals surface area contributed by atoms with E-state index in [0.29, 0.717) is 17.1 Å². The van der Waals surface area contributed by atoms with Crippen molar-refractivity contribution >= 4 is 11.8 Å². The number of nitrogens with zero attached hydrogens (tertiary/aromatic N) is 3. The molecule has 0 saturated carbocycles. The smallest absolute Gasteiger partial charge is 0.408 e. The quantitative estimate of drug-likeness (QED) is 0.863. The second-order valence-corrected chi connectivity index (χ2v) is 6.62. The van der Waals surface area contributed by atoms with Crippen molar-refractivity contribution in [1.29, 1.82) is 0 Å². The van der Waals surface area contributed by atoms with Crippen molar-refractivity contribution in [1.82, 2.24) is 20.3 Å². The molecular weight excluding hydrogens is 318 g/mol. The zero-order valence-electron chi connectivity index (χ0n) is 15.3. The fourth-order valence-corrected chi connectivity index (χ4v) is 2.26. The number of amides is 1. The normalized spacial score (nSPS) is 12.4. The molecule has 2 rings (SSSR count). The molecule has 25 heavy (non-hydrogen) atoms. The van der Waals surface area contributed by atoms with Gasteiger partial charge in [0.15, 0.2) is 0 Å². The maximum absolute atomic E-state index is 12.0. The van der Waals surface area contributed by atoms with E-state index in [4.69, 9.17) is 4.74 Å². The molecule has 0 aliphatic heterocycles. The van der Waals surface area contributed by atoms with Crippen molar-refractivity contribution in [2.24, 2.45) is 0 Å². The summed E-state index contributed by atoms with van der Waals surface area (Å²) in [7, 11) is 0. The van der Waals surface area contributed by atoms with E-state index in [2.05, 4.69) is 25.6 Å². The SMILES string of the molecule is CCNc1ccc(-c2nccnc2[C@H](C)NC(=O)OC(C)(C)C)nc1. The fourth-order valence-electron chi connectivity index (χ4n) is 2.26. The van der Waals surface area contributed by atoms with Crippen LogP contribution in [0.2, 0.25) is 0 Å². The lowest BCUT2D eigenvalue weighted by Crippen LogP contribution is -2.34. The van der Waals surface area contributed by atoms with Crippen LogP contribution in [-0.2, 0) is 4.74 Å². The summed E-state index contributed by atoms with van der Waals surface area (Å²) >= 11 is 0. The van der Waals surface area contributed by atoms with Crippen LogP contribution in [-0.4, -0.2) is 33.2 Å². The predicted octanol–water partition coefficient (Wildman–Crippen LogP) is 3.56. The minimum absolute atomic E-state index is 0.367. The van der Waals surface area contributed by atoms with E-state index in [-0.39, 0.29) is 6.04 Å². The van der Waals surface area contributed by atoms with Crippen LogP contribution in [0.5, 0.6) is 0 Å². The molecule has 0 radical (unpaired) electrons. The lowest BCUT2D eigenvalue weighted by Gasteiger charge is -2.22. The van der Waals surface area contributed by atoms with Crippen LogP contribution in [0.3, 0.4) is 0 Å². The Balaban J connectivity index is 2.21. The molecule has 2 aromatic rings. The Hall–Kier alpha value is -2.70. The Morgan fingerprint density at radius 1 is 1.20 bits per heavy atom. The zero-order chi connectivity index (χ0) is 18.4. The molecule has 0 fully saturated rings. The van der Waals surface area contributed by atoms with E-state index in [1.807, 2.05) is 46.8 Å². The van der Waals surface area contributed by atoms with Crippen LogP contribution in [0.25, 0.3) is 11.4 Å². The second kappa shape index (κ2) is 7.92. The summed E-state index contributed by atoms with van der Waals surface area (Å²) < 4.78 is 5.30. The third-order valence-electron chi connectivity index (χ3n) is 3.26. The van der Waals surface area contributed by atoms with E-state index >= 15 is 0 Å². The first kappa shape index (κ1) is 18.6. The monoisotopic (exact) mass is 343 g/mol. The number of nitrogens with one attached hydrogen (secondary N) is 2. The molecule has 1 atom stereocenters. The standard InChI is InChI=1S/C18H25N5O2/c1-6-19-13-7-8-14(22-11-13)16-15(20-9-10-21-16)12(2)23-17(24)25-18(3,4)5/h7-12,19H,6H2,1-5H3,(H,23,24)/t12-/m0/s1. The third-order valence-corrected chi connectivity index (χ3v) is 3.26. The molecule has 0 aliphatic rings. The molecule has 7 heteroatoms. The van der Waals surface area contributed by atoms with Gasteiger partial charge in [0, 0.05) is 18.9 Å². The first-order chi connectivity index (χ1) is 11.8. The molecule has 2 N–H and O–H groups in total. The molecule has 134 valence electrons. The Labute approximate surface area is 148 Å². The highest BCUT2D eigenvalue weighted by molar-refractivity contribution is 5.69. The first-order valence-electron chi connectivity index (χ1n) is 8.31. The van der Waals surface area contributed by atoms with E-state index in [0.717, 1.165) is 12.2 Å². The average Bonchev–Trinajstić information content (AvgIpc) is 2.54. The Bertz CT molecular complexity index is 710. The summed E-state index contributed by atoms with van der Waals surface area (Å²) in [5.41, 5.74) is 2.35. The highest BCUT2D eigenvalue weighted by atomic mass is 16.6. The predicted molar refractivity (Wildman–Crippen MR) is 97.2 cm³/mol. The molecule has 0 spiro atoms. The van der Waals surface area contributed by atoms with E-state index in [1.54, 1.807) is 18.6 Å². The molecule has 0 aromatic carbocycles. The van der Waals surface area contributed by atoms with Crippen molar-refractivity contribution in [2.45, 2.75) is 46.3 Å². The Kier molecular flexibility index (Phi) is 5.90. The molecule has 7 nitrogen and oxygen atoms in total. The number of carbonyl (C=O) groups excluding carboxylic acids is 1. The topological polar surface area (TPSA) is 89.0 Å². The molecule has 1 amide bonds. The summed E-state index contributed by atoms with van der Waals surface area (Å²) in [4.78, 5) is 25.2. The highest BCUT2D eigenvalue weighted by Gasteiger charge is 2.21. The summed E-state index contributed by atoms with van der Waals surface area (Å²) in [6.07, 6.45) is 4.47.